The van der Waals surface area contributed by atoms with Crippen LogP contribution >= 0.6 is 11.6 Å². The molecular weight excluding hydrogens is 332 g/mol. The maximum Gasteiger partial charge on any atom is 0.186 e. The maximum absolute atomic E-state index is 12.5. The highest BCUT2D eigenvalue weighted by Crippen LogP contribution is 2.38. The molecule has 1 radical (unpaired) electrons. The highest BCUT2D eigenvalue weighted by atomic mass is 35.5. The molecule has 0 amide bonds. The van der Waals surface area contributed by atoms with Crippen LogP contribution in [-0.2, 0) is 5.11 Å². The van der Waals surface area contributed by atoms with Crippen molar-refractivity contribution >= 4 is 22.7 Å². The van der Waals surface area contributed by atoms with Gasteiger partial charge in [-0.1, -0.05) is 72.3 Å². The molecule has 0 unspecified atom stereocenters. The van der Waals surface area contributed by atoms with Crippen LogP contribution in [0.15, 0.2) is 78.9 Å². The summed E-state index contributed by atoms with van der Waals surface area (Å²) in [7, 11) is 0. The van der Waals surface area contributed by atoms with Crippen LogP contribution in [0, 0.1) is 0 Å². The van der Waals surface area contributed by atoms with Gasteiger partial charge in [-0.15, -0.1) is 0 Å². The summed E-state index contributed by atoms with van der Waals surface area (Å²) < 4.78 is 0. The van der Waals surface area contributed by atoms with Crippen LogP contribution in [0.2, 0.25) is 5.02 Å². The normalized spacial score (nSPS) is 11.9. The number of hydrogen-bond donors (Lipinski definition) is 1. The molecular formula is C22H18ClO2. The van der Waals surface area contributed by atoms with E-state index in [2.05, 4.69) is 0 Å². The smallest absolute Gasteiger partial charge is 0.186 e. The minimum atomic E-state index is -0.0428. The van der Waals surface area contributed by atoms with E-state index in [1.807, 2.05) is 66.7 Å². The molecule has 0 aliphatic rings. The molecule has 0 atom stereocenters. The van der Waals surface area contributed by atoms with E-state index in [0.29, 0.717) is 17.0 Å². The van der Waals surface area contributed by atoms with Gasteiger partial charge in [0.15, 0.2) is 5.75 Å². The van der Waals surface area contributed by atoms with Crippen LogP contribution in [0.25, 0.3) is 11.1 Å². The van der Waals surface area contributed by atoms with Crippen LogP contribution in [0.1, 0.15) is 23.1 Å². The number of aliphatic hydroxyl groups is 1. The highest BCUT2D eigenvalue weighted by Gasteiger charge is 2.17. The van der Waals surface area contributed by atoms with E-state index >= 15 is 0 Å². The van der Waals surface area contributed by atoms with Crippen molar-refractivity contribution in [2.24, 2.45) is 0 Å². The third kappa shape index (κ3) is 3.93. The molecule has 25 heavy (non-hydrogen) atoms. The number of halogens is 1. The first-order chi connectivity index (χ1) is 12.2. The van der Waals surface area contributed by atoms with E-state index in [0.717, 1.165) is 22.3 Å². The van der Waals surface area contributed by atoms with Gasteiger partial charge in [-0.05, 0) is 46.9 Å². The Bertz CT molecular complexity index is 868. The summed E-state index contributed by atoms with van der Waals surface area (Å²) in [6, 6.07) is 24.3. The Labute approximate surface area is 152 Å². The molecule has 3 heteroatoms. The van der Waals surface area contributed by atoms with E-state index in [4.69, 9.17) is 11.6 Å². The Hall–Kier alpha value is -2.55. The fourth-order valence-electron chi connectivity index (χ4n) is 2.95. The average molecular weight is 350 g/mol. The summed E-state index contributed by atoms with van der Waals surface area (Å²) in [6.07, 6.45) is 0.455. The zero-order valence-electron chi connectivity index (χ0n) is 13.7. The molecule has 125 valence electrons. The maximum atomic E-state index is 12.5. The largest absolute Gasteiger partial charge is 0.396 e. The molecule has 0 saturated carbocycles. The lowest BCUT2D eigenvalue weighted by atomic mass is 9.87. The minimum Gasteiger partial charge on any atom is -0.396 e. The molecule has 0 fully saturated rings. The molecule has 3 aromatic carbocycles. The molecule has 0 bridgehead atoms. The molecule has 1 N–H and O–H groups in total. The summed E-state index contributed by atoms with van der Waals surface area (Å²) in [4.78, 5) is 0. The number of rotatable bonds is 5. The van der Waals surface area contributed by atoms with E-state index in [9.17, 15) is 10.2 Å². The fraction of sp³-hybridized carbons (Fsp3) is 0.0909. The van der Waals surface area contributed by atoms with Crippen LogP contribution in [-0.4, -0.2) is 11.7 Å². The van der Waals surface area contributed by atoms with Crippen molar-refractivity contribution in [1.82, 2.24) is 0 Å². The van der Waals surface area contributed by atoms with Gasteiger partial charge in [0.25, 0.3) is 0 Å². The fourth-order valence-corrected chi connectivity index (χ4v) is 3.07. The second-order valence-corrected chi connectivity index (χ2v) is 6.13. The Kier molecular flexibility index (Phi) is 5.54. The van der Waals surface area contributed by atoms with E-state index in [-0.39, 0.29) is 12.4 Å². The van der Waals surface area contributed by atoms with Crippen molar-refractivity contribution in [3.8, 4) is 5.75 Å². The van der Waals surface area contributed by atoms with Gasteiger partial charge >= 0.3 is 0 Å². The summed E-state index contributed by atoms with van der Waals surface area (Å²) in [5, 5.41) is 22.8. The Morgan fingerprint density at radius 3 is 2.08 bits per heavy atom. The molecule has 3 rings (SSSR count). The van der Waals surface area contributed by atoms with E-state index < -0.39 is 0 Å². The molecule has 0 heterocycles. The van der Waals surface area contributed by atoms with Gasteiger partial charge in [0.2, 0.25) is 0 Å². The van der Waals surface area contributed by atoms with Crippen molar-refractivity contribution < 1.29 is 10.2 Å². The summed E-state index contributed by atoms with van der Waals surface area (Å²) in [5.74, 6) is -0.0428. The monoisotopic (exact) mass is 349 g/mol. The first-order valence-electron chi connectivity index (χ1n) is 8.12. The van der Waals surface area contributed by atoms with Crippen molar-refractivity contribution in [2.75, 3.05) is 6.61 Å². The lowest BCUT2D eigenvalue weighted by Crippen LogP contribution is -1.98. The van der Waals surface area contributed by atoms with Crippen LogP contribution < -0.4 is 0 Å². The van der Waals surface area contributed by atoms with Crippen LogP contribution in [0.3, 0.4) is 0 Å². The van der Waals surface area contributed by atoms with Crippen molar-refractivity contribution in [3.05, 3.63) is 101 Å². The second-order valence-electron chi connectivity index (χ2n) is 5.70. The first-order valence-corrected chi connectivity index (χ1v) is 8.50. The third-order valence-electron chi connectivity index (χ3n) is 4.08. The Balaban J connectivity index is 2.31. The number of hydrogen-bond acceptors (Lipinski definition) is 1. The van der Waals surface area contributed by atoms with Gasteiger partial charge < -0.3 is 5.11 Å². The SMILES string of the molecule is [O]c1ccccc1/C(=C(/CCO)c1ccccc1)c1ccc(Cl)cc1. The van der Waals surface area contributed by atoms with Gasteiger partial charge in [0.05, 0.1) is 0 Å². The van der Waals surface area contributed by atoms with Gasteiger partial charge in [0, 0.05) is 17.2 Å². The van der Waals surface area contributed by atoms with E-state index in [1.54, 1.807) is 12.1 Å². The number of benzene rings is 3. The molecule has 0 aliphatic carbocycles. The molecule has 0 saturated heterocycles. The van der Waals surface area contributed by atoms with Crippen molar-refractivity contribution in [1.29, 1.82) is 0 Å². The molecule has 0 aromatic heterocycles. The first kappa shape index (κ1) is 17.3. The molecule has 2 nitrogen and oxygen atoms in total. The number of aliphatic hydroxyl groups excluding tert-OH is 1. The summed E-state index contributed by atoms with van der Waals surface area (Å²) in [5.41, 5.74) is 4.29. The molecule has 0 spiro atoms. The lowest BCUT2D eigenvalue weighted by molar-refractivity contribution is 0.305. The number of para-hydroxylation sites is 1. The van der Waals surface area contributed by atoms with E-state index in [1.165, 1.54) is 0 Å². The van der Waals surface area contributed by atoms with Crippen molar-refractivity contribution in [2.45, 2.75) is 6.42 Å². The van der Waals surface area contributed by atoms with Gasteiger partial charge in [-0.25, -0.2) is 0 Å². The molecule has 0 aliphatic heterocycles. The zero-order chi connectivity index (χ0) is 17.6. The predicted molar refractivity (Wildman–Crippen MR) is 102 cm³/mol. The second kappa shape index (κ2) is 8.02. The summed E-state index contributed by atoms with van der Waals surface area (Å²) >= 11 is 6.03. The topological polar surface area (TPSA) is 40.1 Å². The van der Waals surface area contributed by atoms with Crippen molar-refractivity contribution in [3.63, 3.8) is 0 Å². The lowest BCUT2D eigenvalue weighted by Gasteiger charge is -2.17. The van der Waals surface area contributed by atoms with Gasteiger partial charge in [-0.2, -0.15) is 0 Å². The quantitative estimate of drug-likeness (QED) is 0.579. The summed E-state index contributed by atoms with van der Waals surface area (Å²) in [6.45, 7) is 0.00232. The van der Waals surface area contributed by atoms with Gasteiger partial charge in [-0.3, -0.25) is 5.11 Å². The van der Waals surface area contributed by atoms with Crippen LogP contribution in [0.5, 0.6) is 5.75 Å². The zero-order valence-corrected chi connectivity index (χ0v) is 14.4. The molecule has 3 aromatic rings. The third-order valence-corrected chi connectivity index (χ3v) is 4.33. The van der Waals surface area contributed by atoms with Crippen LogP contribution in [0.4, 0.5) is 0 Å². The Morgan fingerprint density at radius 2 is 1.44 bits per heavy atom. The minimum absolute atomic E-state index is 0.00232. The standard InChI is InChI=1S/C22H18ClO2/c23-18-12-10-17(11-13-18)22(20-8-4-5-9-21(20)25)19(14-15-24)16-6-2-1-3-7-16/h1-13,24H,14-15H2/b22-19-. The highest BCUT2D eigenvalue weighted by molar-refractivity contribution is 6.30. The Morgan fingerprint density at radius 1 is 0.800 bits per heavy atom. The predicted octanol–water partition coefficient (Wildman–Crippen LogP) is 5.83. The van der Waals surface area contributed by atoms with Gasteiger partial charge in [0.1, 0.15) is 0 Å². The average Bonchev–Trinajstić information content (AvgIpc) is 2.65.